The summed E-state index contributed by atoms with van der Waals surface area (Å²) in [4.78, 5) is 24.8. The van der Waals surface area contributed by atoms with E-state index < -0.39 is 5.82 Å². The first kappa shape index (κ1) is 15.6. The van der Waals surface area contributed by atoms with Gasteiger partial charge in [0.1, 0.15) is 12.1 Å². The molecule has 0 radical (unpaired) electrons. The molecule has 0 aromatic heterocycles. The third kappa shape index (κ3) is 3.09. The number of thioether (sulfide) groups is 1. The minimum Gasteiger partial charge on any atom is -0.298 e. The maximum atomic E-state index is 13.9. The first-order chi connectivity index (χ1) is 11.1. The van der Waals surface area contributed by atoms with Gasteiger partial charge in [-0.2, -0.15) is 0 Å². The van der Waals surface area contributed by atoms with Crippen LogP contribution >= 0.6 is 24.0 Å². The molecule has 3 nitrogen and oxygen atoms in total. The van der Waals surface area contributed by atoms with Crippen molar-refractivity contribution in [2.75, 3.05) is 4.90 Å². The molecule has 1 amide bonds. The van der Waals surface area contributed by atoms with Gasteiger partial charge in [0, 0.05) is 5.56 Å². The lowest BCUT2D eigenvalue weighted by Crippen LogP contribution is -2.28. The Kier molecular flexibility index (Phi) is 4.36. The van der Waals surface area contributed by atoms with Gasteiger partial charge < -0.3 is 0 Å². The van der Waals surface area contributed by atoms with E-state index in [1.54, 1.807) is 42.5 Å². The zero-order valence-electron chi connectivity index (χ0n) is 11.7. The van der Waals surface area contributed by atoms with Crippen LogP contribution < -0.4 is 4.90 Å². The predicted molar refractivity (Wildman–Crippen MR) is 93.9 cm³/mol. The van der Waals surface area contributed by atoms with Crippen molar-refractivity contribution in [1.29, 1.82) is 0 Å². The van der Waals surface area contributed by atoms with E-state index >= 15 is 0 Å². The second-order valence-corrected chi connectivity index (χ2v) is 6.43. The summed E-state index contributed by atoms with van der Waals surface area (Å²) in [6, 6.07) is 12.8. The van der Waals surface area contributed by atoms with E-state index in [1.165, 1.54) is 17.0 Å². The first-order valence-corrected chi connectivity index (χ1v) is 7.90. The average Bonchev–Trinajstić information content (AvgIpc) is 2.83. The molecule has 3 rings (SSSR count). The molecule has 0 atom stereocenters. The van der Waals surface area contributed by atoms with Gasteiger partial charge in [-0.25, -0.2) is 4.39 Å². The monoisotopic (exact) mass is 343 g/mol. The van der Waals surface area contributed by atoms with Crippen molar-refractivity contribution < 1.29 is 14.0 Å². The van der Waals surface area contributed by atoms with Gasteiger partial charge in [0.25, 0.3) is 5.91 Å². The van der Waals surface area contributed by atoms with Crippen molar-refractivity contribution in [3.05, 3.63) is 70.4 Å². The Hall–Kier alpha value is -2.31. The molecule has 1 fully saturated rings. The van der Waals surface area contributed by atoms with E-state index in [1.807, 2.05) is 0 Å². The Morgan fingerprint density at radius 1 is 1.04 bits per heavy atom. The largest absolute Gasteiger partial charge is 0.298 e. The minimum atomic E-state index is -0.500. The highest BCUT2D eigenvalue weighted by Crippen LogP contribution is 2.36. The summed E-state index contributed by atoms with van der Waals surface area (Å²) in [5.41, 5.74) is 1.47. The molecule has 114 valence electrons. The highest BCUT2D eigenvalue weighted by atomic mass is 32.2. The number of aldehydes is 1. The van der Waals surface area contributed by atoms with E-state index in [2.05, 4.69) is 0 Å². The fourth-order valence-corrected chi connectivity index (χ4v) is 3.42. The smallest absolute Gasteiger partial charge is 0.270 e. The van der Waals surface area contributed by atoms with Crippen molar-refractivity contribution in [2.45, 2.75) is 0 Å². The number of hydrogen-bond donors (Lipinski definition) is 0. The van der Waals surface area contributed by atoms with Crippen LogP contribution in [0, 0.1) is 5.82 Å². The molecule has 2 aromatic carbocycles. The standard InChI is InChI=1S/C17H10FNO2S2/c18-13-3-1-2-4-14(13)19-16(21)15(23-17(19)22)9-11-5-7-12(10-20)8-6-11/h1-10H. The Morgan fingerprint density at radius 3 is 2.35 bits per heavy atom. The molecule has 0 bridgehead atoms. The SMILES string of the molecule is O=Cc1ccc(C=C2SC(=S)N(c3ccccc3F)C2=O)cc1. The number of carbonyl (C=O) groups excluding carboxylic acids is 2. The highest BCUT2D eigenvalue weighted by molar-refractivity contribution is 8.27. The second-order valence-electron chi connectivity index (χ2n) is 4.75. The fourth-order valence-electron chi connectivity index (χ4n) is 2.13. The van der Waals surface area contributed by atoms with Gasteiger partial charge in [0.15, 0.2) is 4.32 Å². The number of benzene rings is 2. The summed E-state index contributed by atoms with van der Waals surface area (Å²) in [5, 5.41) is 0. The summed E-state index contributed by atoms with van der Waals surface area (Å²) in [5.74, 6) is -0.857. The summed E-state index contributed by atoms with van der Waals surface area (Å²) in [6.45, 7) is 0. The Labute approximate surface area is 141 Å². The molecule has 1 saturated heterocycles. The van der Waals surface area contributed by atoms with Crippen LogP contribution in [0.3, 0.4) is 0 Å². The first-order valence-electron chi connectivity index (χ1n) is 6.68. The topological polar surface area (TPSA) is 37.4 Å². The van der Waals surface area contributed by atoms with Crippen LogP contribution in [0.2, 0.25) is 0 Å². The van der Waals surface area contributed by atoms with Crippen LogP contribution in [0.1, 0.15) is 15.9 Å². The lowest BCUT2D eigenvalue weighted by Gasteiger charge is -2.14. The van der Waals surface area contributed by atoms with Crippen molar-refractivity contribution in [3.63, 3.8) is 0 Å². The van der Waals surface area contributed by atoms with Crippen molar-refractivity contribution in [2.24, 2.45) is 0 Å². The van der Waals surface area contributed by atoms with Crippen molar-refractivity contribution in [3.8, 4) is 0 Å². The molecule has 1 aliphatic rings. The van der Waals surface area contributed by atoms with E-state index in [9.17, 15) is 14.0 Å². The Morgan fingerprint density at radius 2 is 1.70 bits per heavy atom. The average molecular weight is 343 g/mol. The molecule has 6 heteroatoms. The highest BCUT2D eigenvalue weighted by Gasteiger charge is 2.34. The lowest BCUT2D eigenvalue weighted by molar-refractivity contribution is -0.113. The van der Waals surface area contributed by atoms with Gasteiger partial charge in [-0.05, 0) is 23.8 Å². The van der Waals surface area contributed by atoms with Gasteiger partial charge in [-0.15, -0.1) is 0 Å². The van der Waals surface area contributed by atoms with Crippen LogP contribution in [0.15, 0.2) is 53.4 Å². The van der Waals surface area contributed by atoms with E-state index in [0.717, 1.165) is 23.6 Å². The molecule has 2 aromatic rings. The summed E-state index contributed by atoms with van der Waals surface area (Å²) >= 11 is 6.33. The third-order valence-electron chi connectivity index (χ3n) is 3.26. The maximum absolute atomic E-state index is 13.9. The molecule has 0 unspecified atom stereocenters. The number of nitrogens with zero attached hydrogens (tertiary/aromatic N) is 1. The summed E-state index contributed by atoms with van der Waals surface area (Å²) < 4.78 is 14.2. The fraction of sp³-hybridized carbons (Fsp3) is 0. The molecule has 1 aliphatic heterocycles. The third-order valence-corrected chi connectivity index (χ3v) is 4.56. The van der Waals surface area contributed by atoms with Crippen molar-refractivity contribution >= 4 is 52.3 Å². The van der Waals surface area contributed by atoms with Gasteiger partial charge in [-0.3, -0.25) is 14.5 Å². The molecule has 23 heavy (non-hydrogen) atoms. The Bertz CT molecular complexity index is 831. The molecular weight excluding hydrogens is 333 g/mol. The summed E-state index contributed by atoms with van der Waals surface area (Å²) in [6.07, 6.45) is 2.43. The maximum Gasteiger partial charge on any atom is 0.270 e. The molecule has 0 aliphatic carbocycles. The van der Waals surface area contributed by atoms with Crippen LogP contribution in [-0.2, 0) is 4.79 Å². The van der Waals surface area contributed by atoms with E-state index in [0.29, 0.717) is 10.5 Å². The minimum absolute atomic E-state index is 0.148. The quantitative estimate of drug-likeness (QED) is 0.479. The van der Waals surface area contributed by atoms with Crippen LogP contribution in [0.5, 0.6) is 0 Å². The predicted octanol–water partition coefficient (Wildman–Crippen LogP) is 4.04. The number of rotatable bonds is 3. The number of para-hydroxylation sites is 1. The number of hydrogen-bond acceptors (Lipinski definition) is 4. The number of thiocarbonyl (C=S) groups is 1. The van der Waals surface area contributed by atoms with Crippen LogP contribution in [0.25, 0.3) is 6.08 Å². The molecule has 1 heterocycles. The van der Waals surface area contributed by atoms with E-state index in [-0.39, 0.29) is 15.9 Å². The number of amides is 1. The number of anilines is 1. The van der Waals surface area contributed by atoms with Crippen molar-refractivity contribution in [1.82, 2.24) is 0 Å². The van der Waals surface area contributed by atoms with Gasteiger partial charge in [-0.1, -0.05) is 60.4 Å². The molecule has 0 saturated carbocycles. The van der Waals surface area contributed by atoms with Crippen LogP contribution in [-0.4, -0.2) is 16.5 Å². The van der Waals surface area contributed by atoms with E-state index in [4.69, 9.17) is 12.2 Å². The second kappa shape index (κ2) is 6.44. The zero-order chi connectivity index (χ0) is 16.4. The molecule has 0 spiro atoms. The van der Waals surface area contributed by atoms with Gasteiger partial charge in [0.2, 0.25) is 0 Å². The lowest BCUT2D eigenvalue weighted by atomic mass is 10.1. The van der Waals surface area contributed by atoms with Gasteiger partial charge >= 0.3 is 0 Å². The normalized spacial score (nSPS) is 16.2. The van der Waals surface area contributed by atoms with Gasteiger partial charge in [0.05, 0.1) is 10.6 Å². The summed E-state index contributed by atoms with van der Waals surface area (Å²) in [7, 11) is 0. The van der Waals surface area contributed by atoms with Crippen LogP contribution in [0.4, 0.5) is 10.1 Å². The molecule has 0 N–H and O–H groups in total. The molecular formula is C17H10FNO2S2. The number of halogens is 1. The Balaban J connectivity index is 1.93. The number of carbonyl (C=O) groups is 2. The zero-order valence-corrected chi connectivity index (χ0v) is 13.4.